The largest absolute Gasteiger partial charge is 0.481 e. The van der Waals surface area contributed by atoms with Crippen LogP contribution in [0.3, 0.4) is 0 Å². The zero-order chi connectivity index (χ0) is 13.8. The van der Waals surface area contributed by atoms with Crippen molar-refractivity contribution in [3.8, 4) is 5.88 Å². The molecule has 0 bridgehead atoms. The standard InChI is InChI=1S/C14H18FN3O/c1-10-13(14(19-3)18(2)17-10)9-16-8-11-4-6-12(15)7-5-11/h4-7,16H,8-9H2,1-3H3. The zero-order valence-corrected chi connectivity index (χ0v) is 11.4. The molecule has 0 radical (unpaired) electrons. The van der Waals surface area contributed by atoms with Crippen molar-refractivity contribution >= 4 is 0 Å². The second-order valence-electron chi connectivity index (χ2n) is 4.43. The normalized spacial score (nSPS) is 10.7. The van der Waals surface area contributed by atoms with Crippen molar-refractivity contribution in [2.75, 3.05) is 7.11 Å². The summed E-state index contributed by atoms with van der Waals surface area (Å²) >= 11 is 0. The maximum atomic E-state index is 12.8. The van der Waals surface area contributed by atoms with Crippen LogP contribution in [0.2, 0.25) is 0 Å². The Kier molecular flexibility index (Phi) is 4.16. The number of benzene rings is 1. The predicted octanol–water partition coefficient (Wildman–Crippen LogP) is 2.17. The minimum Gasteiger partial charge on any atom is -0.481 e. The van der Waals surface area contributed by atoms with E-state index in [1.54, 1.807) is 23.9 Å². The quantitative estimate of drug-likeness (QED) is 0.898. The summed E-state index contributed by atoms with van der Waals surface area (Å²) in [4.78, 5) is 0. The molecule has 0 aliphatic rings. The van der Waals surface area contributed by atoms with E-state index in [0.717, 1.165) is 22.7 Å². The first kappa shape index (κ1) is 13.5. The second kappa shape index (κ2) is 5.84. The molecule has 0 spiro atoms. The minimum absolute atomic E-state index is 0.214. The summed E-state index contributed by atoms with van der Waals surface area (Å²) in [7, 11) is 3.50. The summed E-state index contributed by atoms with van der Waals surface area (Å²) in [5.41, 5.74) is 3.04. The Bertz CT molecular complexity index is 549. The van der Waals surface area contributed by atoms with Crippen molar-refractivity contribution in [2.45, 2.75) is 20.0 Å². The molecule has 1 aromatic carbocycles. The Morgan fingerprint density at radius 1 is 1.26 bits per heavy atom. The van der Waals surface area contributed by atoms with E-state index in [-0.39, 0.29) is 5.82 Å². The van der Waals surface area contributed by atoms with Crippen LogP contribution in [-0.2, 0) is 20.1 Å². The van der Waals surface area contributed by atoms with Crippen LogP contribution in [0.1, 0.15) is 16.8 Å². The summed E-state index contributed by atoms with van der Waals surface area (Å²) in [6, 6.07) is 6.48. The van der Waals surface area contributed by atoms with Crippen LogP contribution < -0.4 is 10.1 Å². The maximum Gasteiger partial charge on any atom is 0.216 e. The average Bonchev–Trinajstić information content (AvgIpc) is 2.66. The molecule has 2 aromatic rings. The summed E-state index contributed by atoms with van der Waals surface area (Å²) in [6.45, 7) is 3.30. The van der Waals surface area contributed by atoms with Crippen LogP contribution in [0, 0.1) is 12.7 Å². The monoisotopic (exact) mass is 263 g/mol. The number of aryl methyl sites for hydroxylation is 2. The fraction of sp³-hybridized carbons (Fsp3) is 0.357. The number of halogens is 1. The Hall–Kier alpha value is -1.88. The third kappa shape index (κ3) is 3.12. The lowest BCUT2D eigenvalue weighted by Crippen LogP contribution is -2.13. The van der Waals surface area contributed by atoms with Gasteiger partial charge in [-0.2, -0.15) is 5.10 Å². The van der Waals surface area contributed by atoms with Crippen molar-refractivity contribution in [2.24, 2.45) is 7.05 Å². The van der Waals surface area contributed by atoms with Gasteiger partial charge >= 0.3 is 0 Å². The van der Waals surface area contributed by atoms with Crippen LogP contribution in [-0.4, -0.2) is 16.9 Å². The van der Waals surface area contributed by atoms with Crippen molar-refractivity contribution in [1.29, 1.82) is 0 Å². The highest BCUT2D eigenvalue weighted by Gasteiger charge is 2.12. The average molecular weight is 263 g/mol. The number of hydrogen-bond acceptors (Lipinski definition) is 3. The van der Waals surface area contributed by atoms with Gasteiger partial charge in [0, 0.05) is 20.1 Å². The lowest BCUT2D eigenvalue weighted by molar-refractivity contribution is 0.368. The van der Waals surface area contributed by atoms with Crippen LogP contribution in [0.5, 0.6) is 5.88 Å². The number of ether oxygens (including phenoxy) is 1. The third-order valence-electron chi connectivity index (χ3n) is 3.03. The molecule has 0 aliphatic heterocycles. The first-order valence-corrected chi connectivity index (χ1v) is 6.13. The molecule has 0 aliphatic carbocycles. The topological polar surface area (TPSA) is 39.1 Å². The molecule has 0 fully saturated rings. The smallest absolute Gasteiger partial charge is 0.216 e. The molecule has 5 heteroatoms. The number of nitrogens with zero attached hydrogens (tertiary/aromatic N) is 2. The van der Waals surface area contributed by atoms with E-state index >= 15 is 0 Å². The summed E-state index contributed by atoms with van der Waals surface area (Å²) < 4.78 is 19.8. The number of nitrogens with one attached hydrogen (secondary N) is 1. The number of rotatable bonds is 5. The molecular weight excluding hydrogens is 245 g/mol. The zero-order valence-electron chi connectivity index (χ0n) is 11.4. The molecule has 19 heavy (non-hydrogen) atoms. The van der Waals surface area contributed by atoms with E-state index in [9.17, 15) is 4.39 Å². The fourth-order valence-corrected chi connectivity index (χ4v) is 2.07. The van der Waals surface area contributed by atoms with Gasteiger partial charge in [-0.15, -0.1) is 0 Å². The van der Waals surface area contributed by atoms with Crippen LogP contribution in [0.25, 0.3) is 0 Å². The van der Waals surface area contributed by atoms with Crippen molar-refractivity contribution < 1.29 is 9.13 Å². The number of methoxy groups -OCH3 is 1. The van der Waals surface area contributed by atoms with Gasteiger partial charge in [0.05, 0.1) is 18.4 Å². The van der Waals surface area contributed by atoms with Gasteiger partial charge in [-0.3, -0.25) is 0 Å². The highest BCUT2D eigenvalue weighted by atomic mass is 19.1. The Morgan fingerprint density at radius 2 is 1.95 bits per heavy atom. The lowest BCUT2D eigenvalue weighted by atomic mass is 10.2. The maximum absolute atomic E-state index is 12.8. The van der Waals surface area contributed by atoms with Gasteiger partial charge in [-0.05, 0) is 24.6 Å². The first-order chi connectivity index (χ1) is 9.11. The highest BCUT2D eigenvalue weighted by Crippen LogP contribution is 2.20. The number of hydrogen-bond donors (Lipinski definition) is 1. The molecule has 2 rings (SSSR count). The molecular formula is C14H18FN3O. The van der Waals surface area contributed by atoms with Crippen molar-refractivity contribution in [1.82, 2.24) is 15.1 Å². The van der Waals surface area contributed by atoms with Crippen molar-refractivity contribution in [3.63, 3.8) is 0 Å². The molecule has 1 aromatic heterocycles. The van der Waals surface area contributed by atoms with Gasteiger partial charge in [-0.25, -0.2) is 9.07 Å². The van der Waals surface area contributed by atoms with E-state index in [1.807, 2.05) is 14.0 Å². The van der Waals surface area contributed by atoms with Gasteiger partial charge in [0.25, 0.3) is 0 Å². The van der Waals surface area contributed by atoms with Gasteiger partial charge in [-0.1, -0.05) is 12.1 Å². The van der Waals surface area contributed by atoms with E-state index in [0.29, 0.717) is 13.1 Å². The van der Waals surface area contributed by atoms with Gasteiger partial charge in [0.15, 0.2) is 0 Å². The Balaban J connectivity index is 1.97. The van der Waals surface area contributed by atoms with E-state index in [4.69, 9.17) is 4.74 Å². The van der Waals surface area contributed by atoms with Crippen LogP contribution in [0.4, 0.5) is 4.39 Å². The Labute approximate surface area is 112 Å². The molecule has 0 saturated carbocycles. The number of aromatic nitrogens is 2. The SMILES string of the molecule is COc1c(CNCc2ccc(F)cc2)c(C)nn1C. The van der Waals surface area contributed by atoms with Crippen LogP contribution in [0.15, 0.2) is 24.3 Å². The van der Waals surface area contributed by atoms with Crippen LogP contribution >= 0.6 is 0 Å². The fourth-order valence-electron chi connectivity index (χ4n) is 2.07. The summed E-state index contributed by atoms with van der Waals surface area (Å²) in [5, 5.41) is 7.63. The third-order valence-corrected chi connectivity index (χ3v) is 3.03. The molecule has 0 atom stereocenters. The molecule has 1 heterocycles. The minimum atomic E-state index is -0.214. The van der Waals surface area contributed by atoms with Crippen molar-refractivity contribution in [3.05, 3.63) is 46.9 Å². The molecule has 0 amide bonds. The summed E-state index contributed by atoms with van der Waals surface area (Å²) in [5.74, 6) is 0.553. The van der Waals surface area contributed by atoms with E-state index in [2.05, 4.69) is 10.4 Å². The lowest BCUT2D eigenvalue weighted by Gasteiger charge is -2.07. The van der Waals surface area contributed by atoms with Gasteiger partial charge < -0.3 is 10.1 Å². The molecule has 1 N–H and O–H groups in total. The summed E-state index contributed by atoms with van der Waals surface area (Å²) in [6.07, 6.45) is 0. The van der Waals surface area contributed by atoms with E-state index in [1.165, 1.54) is 12.1 Å². The second-order valence-corrected chi connectivity index (χ2v) is 4.43. The Morgan fingerprint density at radius 3 is 2.58 bits per heavy atom. The van der Waals surface area contributed by atoms with E-state index < -0.39 is 0 Å². The predicted molar refractivity (Wildman–Crippen MR) is 71.4 cm³/mol. The molecule has 0 unspecified atom stereocenters. The highest BCUT2D eigenvalue weighted by molar-refractivity contribution is 5.30. The van der Waals surface area contributed by atoms with Gasteiger partial charge in [0.1, 0.15) is 5.82 Å². The molecule has 4 nitrogen and oxygen atoms in total. The molecule has 0 saturated heterocycles. The molecule has 102 valence electrons. The van der Waals surface area contributed by atoms with Gasteiger partial charge in [0.2, 0.25) is 5.88 Å². The first-order valence-electron chi connectivity index (χ1n) is 6.13.